The molecule has 1 aliphatic heterocycles. The molecule has 1 saturated heterocycles. The number of aliphatic imine (C=N–C) groups is 1. The zero-order valence-corrected chi connectivity index (χ0v) is 18.7. The molecule has 3 aromatic rings. The van der Waals surface area contributed by atoms with E-state index in [1.807, 2.05) is 66.9 Å². The van der Waals surface area contributed by atoms with E-state index in [1.165, 1.54) is 23.1 Å². The number of aromatic nitrogens is 1. The van der Waals surface area contributed by atoms with Crippen LogP contribution in [-0.4, -0.2) is 28.0 Å². The van der Waals surface area contributed by atoms with Gasteiger partial charge in [-0.1, -0.05) is 35.9 Å². The Morgan fingerprint density at radius 1 is 1.17 bits per heavy atom. The van der Waals surface area contributed by atoms with E-state index in [1.54, 1.807) is 11.9 Å². The minimum absolute atomic E-state index is 0.0740. The van der Waals surface area contributed by atoms with Crippen molar-refractivity contribution in [3.8, 4) is 5.75 Å². The summed E-state index contributed by atoms with van der Waals surface area (Å²) < 4.78 is 5.81. The van der Waals surface area contributed by atoms with E-state index >= 15 is 0 Å². The monoisotopic (exact) mass is 455 g/mol. The SMILES string of the molecule is Cc1csc(/N=C2/S/C(=C\c3ccc(OCc4ccc(Cl)cc4)cc3)C(=O)N2C)n1. The van der Waals surface area contributed by atoms with Crippen LogP contribution in [0.4, 0.5) is 5.13 Å². The van der Waals surface area contributed by atoms with Crippen LogP contribution in [0.2, 0.25) is 5.02 Å². The second kappa shape index (κ2) is 9.04. The minimum Gasteiger partial charge on any atom is -0.489 e. The van der Waals surface area contributed by atoms with Gasteiger partial charge in [-0.3, -0.25) is 9.69 Å². The maximum Gasteiger partial charge on any atom is 0.266 e. The van der Waals surface area contributed by atoms with Crippen molar-refractivity contribution in [2.24, 2.45) is 4.99 Å². The van der Waals surface area contributed by atoms with Gasteiger partial charge in [0.25, 0.3) is 5.91 Å². The number of ether oxygens (including phenoxy) is 1. The molecule has 152 valence electrons. The van der Waals surface area contributed by atoms with Crippen molar-refractivity contribution in [3.63, 3.8) is 0 Å². The zero-order valence-electron chi connectivity index (χ0n) is 16.3. The lowest BCUT2D eigenvalue weighted by atomic mass is 10.2. The molecule has 0 N–H and O–H groups in total. The van der Waals surface area contributed by atoms with Crippen molar-refractivity contribution < 1.29 is 9.53 Å². The van der Waals surface area contributed by atoms with Crippen LogP contribution in [0.25, 0.3) is 6.08 Å². The highest BCUT2D eigenvalue weighted by Crippen LogP contribution is 2.34. The van der Waals surface area contributed by atoms with E-state index < -0.39 is 0 Å². The van der Waals surface area contributed by atoms with Gasteiger partial charge in [-0.2, -0.15) is 4.99 Å². The van der Waals surface area contributed by atoms with Crippen LogP contribution in [0.3, 0.4) is 0 Å². The molecule has 0 spiro atoms. The Balaban J connectivity index is 1.43. The van der Waals surface area contributed by atoms with Crippen molar-refractivity contribution in [1.82, 2.24) is 9.88 Å². The molecule has 0 bridgehead atoms. The standard InChI is InChI=1S/C22H18ClN3O2S2/c1-14-13-29-21(24-14)25-22-26(2)20(27)19(30-22)11-15-5-9-18(10-6-15)28-12-16-3-7-17(23)8-4-16/h3-11,13H,12H2,1-2H3/b19-11-,25-22+. The van der Waals surface area contributed by atoms with Gasteiger partial charge in [-0.25, -0.2) is 4.98 Å². The number of amidine groups is 1. The highest BCUT2D eigenvalue weighted by atomic mass is 35.5. The number of nitrogens with zero attached hydrogens (tertiary/aromatic N) is 3. The number of hydrogen-bond acceptors (Lipinski definition) is 6. The van der Waals surface area contributed by atoms with Gasteiger partial charge in [0.2, 0.25) is 5.13 Å². The highest BCUT2D eigenvalue weighted by Gasteiger charge is 2.30. The van der Waals surface area contributed by atoms with Crippen LogP contribution in [-0.2, 0) is 11.4 Å². The second-order valence-electron chi connectivity index (χ2n) is 6.62. The average molecular weight is 456 g/mol. The first-order valence-electron chi connectivity index (χ1n) is 9.14. The number of rotatable bonds is 5. The lowest BCUT2D eigenvalue weighted by Crippen LogP contribution is -2.23. The predicted molar refractivity (Wildman–Crippen MR) is 125 cm³/mol. The summed E-state index contributed by atoms with van der Waals surface area (Å²) in [5, 5.41) is 3.92. The van der Waals surface area contributed by atoms with Crippen LogP contribution < -0.4 is 4.74 Å². The number of thiazole rings is 1. The molecule has 5 nitrogen and oxygen atoms in total. The number of likely N-dealkylation sites (N-methyl/N-ethyl adjacent to an activating group) is 1. The van der Waals surface area contributed by atoms with Gasteiger partial charge in [-0.05, 0) is 60.2 Å². The number of hydrogen-bond donors (Lipinski definition) is 0. The number of thioether (sulfide) groups is 1. The van der Waals surface area contributed by atoms with Gasteiger partial charge in [0, 0.05) is 17.5 Å². The van der Waals surface area contributed by atoms with Crippen LogP contribution in [0.1, 0.15) is 16.8 Å². The number of halogens is 1. The molecule has 4 rings (SSSR count). The van der Waals surface area contributed by atoms with E-state index in [4.69, 9.17) is 16.3 Å². The topological polar surface area (TPSA) is 54.8 Å². The normalized spacial score (nSPS) is 16.6. The summed E-state index contributed by atoms with van der Waals surface area (Å²) in [4.78, 5) is 23.6. The molecule has 0 radical (unpaired) electrons. The first kappa shape index (κ1) is 20.7. The van der Waals surface area contributed by atoms with Crippen LogP contribution in [0.15, 0.2) is 63.8 Å². The van der Waals surface area contributed by atoms with Crippen molar-refractivity contribution >= 4 is 57.0 Å². The summed E-state index contributed by atoms with van der Waals surface area (Å²) >= 11 is 8.71. The van der Waals surface area contributed by atoms with Gasteiger partial charge >= 0.3 is 0 Å². The number of carbonyl (C=O) groups is 1. The van der Waals surface area contributed by atoms with Crippen molar-refractivity contribution in [3.05, 3.63) is 80.7 Å². The Labute approximate surface area is 188 Å². The fourth-order valence-electron chi connectivity index (χ4n) is 2.69. The highest BCUT2D eigenvalue weighted by molar-refractivity contribution is 8.18. The van der Waals surface area contributed by atoms with Crippen LogP contribution in [0.5, 0.6) is 5.75 Å². The molecule has 30 heavy (non-hydrogen) atoms. The van der Waals surface area contributed by atoms with Crippen LogP contribution in [0, 0.1) is 6.92 Å². The van der Waals surface area contributed by atoms with Gasteiger partial charge in [0.1, 0.15) is 12.4 Å². The summed E-state index contributed by atoms with van der Waals surface area (Å²) in [5.41, 5.74) is 2.89. The third-order valence-corrected chi connectivity index (χ3v) is 6.46. The first-order chi connectivity index (χ1) is 14.5. The Hall–Kier alpha value is -2.61. The van der Waals surface area contributed by atoms with Gasteiger partial charge in [-0.15, -0.1) is 11.3 Å². The molecule has 8 heteroatoms. The number of benzene rings is 2. The molecule has 1 fully saturated rings. The average Bonchev–Trinajstić information content (AvgIpc) is 3.27. The molecule has 2 heterocycles. The largest absolute Gasteiger partial charge is 0.489 e. The van der Waals surface area contributed by atoms with Crippen LogP contribution >= 0.6 is 34.7 Å². The van der Waals surface area contributed by atoms with E-state index in [0.29, 0.717) is 26.8 Å². The van der Waals surface area contributed by atoms with Gasteiger partial charge in [0.05, 0.1) is 10.6 Å². The number of amides is 1. The second-order valence-corrected chi connectivity index (χ2v) is 8.91. The van der Waals surface area contributed by atoms with E-state index in [2.05, 4.69) is 9.98 Å². The third-order valence-electron chi connectivity index (χ3n) is 4.30. The van der Waals surface area contributed by atoms with Crippen molar-refractivity contribution in [2.75, 3.05) is 7.05 Å². The molecule has 1 aromatic heterocycles. The van der Waals surface area contributed by atoms with Crippen molar-refractivity contribution in [2.45, 2.75) is 13.5 Å². The molecule has 0 atom stereocenters. The lowest BCUT2D eigenvalue weighted by Gasteiger charge is -2.07. The summed E-state index contributed by atoms with van der Waals surface area (Å²) in [6.45, 7) is 2.39. The lowest BCUT2D eigenvalue weighted by molar-refractivity contribution is -0.121. The van der Waals surface area contributed by atoms with Gasteiger partial charge in [0.15, 0.2) is 5.17 Å². The number of carbonyl (C=O) groups excluding carboxylic acids is 1. The molecule has 2 aromatic carbocycles. The summed E-state index contributed by atoms with van der Waals surface area (Å²) in [7, 11) is 1.73. The number of aryl methyl sites for hydroxylation is 1. The van der Waals surface area contributed by atoms with Gasteiger partial charge < -0.3 is 4.74 Å². The predicted octanol–water partition coefficient (Wildman–Crippen LogP) is 5.92. The molecule has 0 unspecified atom stereocenters. The van der Waals surface area contributed by atoms with E-state index in [0.717, 1.165) is 22.6 Å². The summed E-state index contributed by atoms with van der Waals surface area (Å²) in [6.07, 6.45) is 1.86. The van der Waals surface area contributed by atoms with E-state index in [9.17, 15) is 4.79 Å². The van der Waals surface area contributed by atoms with E-state index in [-0.39, 0.29) is 5.91 Å². The first-order valence-corrected chi connectivity index (χ1v) is 11.2. The maximum atomic E-state index is 12.6. The molecule has 0 aliphatic carbocycles. The molecular weight excluding hydrogens is 438 g/mol. The Morgan fingerprint density at radius 2 is 1.90 bits per heavy atom. The maximum absolute atomic E-state index is 12.6. The summed E-state index contributed by atoms with van der Waals surface area (Å²) in [6, 6.07) is 15.2. The minimum atomic E-state index is -0.0740. The smallest absolute Gasteiger partial charge is 0.266 e. The fraction of sp³-hybridized carbons (Fsp3) is 0.136. The molecule has 1 aliphatic rings. The Bertz CT molecular complexity index is 1120. The summed E-state index contributed by atoms with van der Waals surface area (Å²) in [5.74, 6) is 0.686. The zero-order chi connectivity index (χ0) is 21.1. The molecule has 1 amide bonds. The van der Waals surface area contributed by atoms with Crippen molar-refractivity contribution in [1.29, 1.82) is 0 Å². The third kappa shape index (κ3) is 4.92. The fourth-order valence-corrected chi connectivity index (χ4v) is 4.50. The Kier molecular flexibility index (Phi) is 6.22. The Morgan fingerprint density at radius 3 is 2.57 bits per heavy atom. The molecule has 0 saturated carbocycles. The quantitative estimate of drug-likeness (QED) is 0.448. The molecular formula is C22H18ClN3O2S2.